The van der Waals surface area contributed by atoms with Gasteiger partial charge in [0, 0.05) is 24.2 Å². The van der Waals surface area contributed by atoms with Gasteiger partial charge in [-0.1, -0.05) is 37.1 Å². The summed E-state index contributed by atoms with van der Waals surface area (Å²) >= 11 is 0. The van der Waals surface area contributed by atoms with E-state index in [9.17, 15) is 4.79 Å². The first-order valence-corrected chi connectivity index (χ1v) is 15.6. The fraction of sp³-hybridized carbons (Fsp3) is 0.514. The monoisotopic (exact) mass is 542 g/mol. The molecule has 2 aliphatic heterocycles. The minimum atomic E-state index is 0.163. The molecule has 3 aliphatic rings. The van der Waals surface area contributed by atoms with Crippen molar-refractivity contribution in [2.75, 3.05) is 52.5 Å². The van der Waals surface area contributed by atoms with Gasteiger partial charge in [0.05, 0.1) is 13.2 Å². The number of rotatable bonds is 12. The van der Waals surface area contributed by atoms with Gasteiger partial charge in [-0.25, -0.2) is 0 Å². The lowest BCUT2D eigenvalue weighted by atomic mass is 10.1. The molecular formula is C35H46N2O3. The minimum absolute atomic E-state index is 0.163. The van der Waals surface area contributed by atoms with Gasteiger partial charge in [0.1, 0.15) is 11.5 Å². The lowest BCUT2D eigenvalue weighted by molar-refractivity contribution is -0.111. The number of nitrogens with zero attached hydrogens (tertiary/aromatic N) is 2. The molecule has 2 aromatic carbocycles. The van der Waals surface area contributed by atoms with Crippen molar-refractivity contribution in [1.29, 1.82) is 0 Å². The molecule has 1 aliphatic carbocycles. The van der Waals surface area contributed by atoms with Crippen molar-refractivity contribution < 1.29 is 14.3 Å². The van der Waals surface area contributed by atoms with Crippen molar-refractivity contribution in [3.05, 3.63) is 70.8 Å². The van der Waals surface area contributed by atoms with E-state index in [1.54, 1.807) is 0 Å². The summed E-state index contributed by atoms with van der Waals surface area (Å²) in [6, 6.07) is 16.3. The molecule has 0 amide bonds. The third-order valence-corrected chi connectivity index (χ3v) is 8.36. The van der Waals surface area contributed by atoms with Crippen LogP contribution in [0.25, 0.3) is 12.2 Å². The Balaban J connectivity index is 1.05. The van der Waals surface area contributed by atoms with Crippen LogP contribution in [0.15, 0.2) is 59.7 Å². The topological polar surface area (TPSA) is 42.0 Å². The van der Waals surface area contributed by atoms with Crippen molar-refractivity contribution in [2.45, 2.75) is 64.2 Å². The molecule has 2 aromatic rings. The van der Waals surface area contributed by atoms with Crippen LogP contribution in [-0.4, -0.2) is 68.1 Å². The molecule has 0 unspecified atom stereocenters. The third-order valence-electron chi connectivity index (χ3n) is 8.36. The van der Waals surface area contributed by atoms with Crippen LogP contribution in [0.1, 0.15) is 75.3 Å². The van der Waals surface area contributed by atoms with E-state index in [0.29, 0.717) is 0 Å². The Hall–Kier alpha value is -2.89. The summed E-state index contributed by atoms with van der Waals surface area (Å²) in [6.45, 7) is 8.68. The highest BCUT2D eigenvalue weighted by atomic mass is 16.5. The van der Waals surface area contributed by atoms with Gasteiger partial charge in [-0.05, 0) is 125 Å². The Kier molecular flexibility index (Phi) is 10.9. The summed E-state index contributed by atoms with van der Waals surface area (Å²) in [7, 11) is 0. The summed E-state index contributed by atoms with van der Waals surface area (Å²) in [5.74, 6) is 1.96. The molecule has 1 saturated carbocycles. The maximum atomic E-state index is 13.1. The Morgan fingerprint density at radius 1 is 0.575 bits per heavy atom. The molecule has 40 heavy (non-hydrogen) atoms. The summed E-state index contributed by atoms with van der Waals surface area (Å²) < 4.78 is 11.9. The minimum Gasteiger partial charge on any atom is -0.494 e. The number of hydrogen-bond donors (Lipinski definition) is 0. The number of carbonyl (C=O) groups excluding carboxylic acids is 1. The lowest BCUT2D eigenvalue weighted by Gasteiger charge is -2.26. The highest BCUT2D eigenvalue weighted by molar-refractivity contribution is 6.15. The molecule has 3 fully saturated rings. The predicted molar refractivity (Wildman–Crippen MR) is 164 cm³/mol. The number of hydrogen-bond acceptors (Lipinski definition) is 5. The van der Waals surface area contributed by atoms with E-state index in [-0.39, 0.29) is 5.78 Å². The standard InChI is InChI=1S/C35H46N2O3/c38-35-31(27-29-9-15-33(16-10-29)39-25-7-23-36-19-3-1-4-20-36)13-14-32(35)28-30-11-17-34(18-12-30)40-26-8-24-37-21-5-2-6-22-37/h9-12,15-18,27-28H,1-8,13-14,19-26H2/b31-27+,32-28+. The second-order valence-corrected chi connectivity index (χ2v) is 11.5. The largest absolute Gasteiger partial charge is 0.494 e. The summed E-state index contributed by atoms with van der Waals surface area (Å²) in [4.78, 5) is 18.2. The zero-order valence-corrected chi connectivity index (χ0v) is 24.1. The number of piperidine rings is 2. The number of Topliss-reactive ketones (excluding diaryl/α,β-unsaturated/α-hetero) is 1. The molecule has 0 atom stereocenters. The highest BCUT2D eigenvalue weighted by Crippen LogP contribution is 2.30. The molecule has 5 rings (SSSR count). The van der Waals surface area contributed by atoms with Crippen molar-refractivity contribution in [1.82, 2.24) is 9.80 Å². The van der Waals surface area contributed by atoms with Crippen molar-refractivity contribution in [2.24, 2.45) is 0 Å². The molecular weight excluding hydrogens is 496 g/mol. The van der Waals surface area contributed by atoms with E-state index in [4.69, 9.17) is 9.47 Å². The van der Waals surface area contributed by atoms with E-state index in [0.717, 1.165) is 85.8 Å². The lowest BCUT2D eigenvalue weighted by Crippen LogP contribution is -2.31. The maximum absolute atomic E-state index is 13.1. The number of ketones is 1. The van der Waals surface area contributed by atoms with Gasteiger partial charge in [0.2, 0.25) is 0 Å². The van der Waals surface area contributed by atoms with Crippen LogP contribution in [0.2, 0.25) is 0 Å². The van der Waals surface area contributed by atoms with E-state index in [1.807, 2.05) is 60.7 Å². The first kappa shape index (κ1) is 28.6. The van der Waals surface area contributed by atoms with Gasteiger partial charge in [0.15, 0.2) is 5.78 Å². The first-order valence-electron chi connectivity index (χ1n) is 15.6. The average molecular weight is 543 g/mol. The molecule has 2 saturated heterocycles. The van der Waals surface area contributed by atoms with E-state index in [2.05, 4.69) is 9.80 Å². The van der Waals surface area contributed by atoms with Crippen LogP contribution in [0.3, 0.4) is 0 Å². The van der Waals surface area contributed by atoms with Crippen molar-refractivity contribution in [3.63, 3.8) is 0 Å². The molecule has 5 nitrogen and oxygen atoms in total. The maximum Gasteiger partial charge on any atom is 0.185 e. The summed E-state index contributed by atoms with van der Waals surface area (Å²) in [5.41, 5.74) is 3.87. The highest BCUT2D eigenvalue weighted by Gasteiger charge is 2.23. The van der Waals surface area contributed by atoms with Gasteiger partial charge >= 0.3 is 0 Å². The quantitative estimate of drug-likeness (QED) is 0.213. The molecule has 0 N–H and O–H groups in total. The normalized spacial score (nSPS) is 20.9. The van der Waals surface area contributed by atoms with Gasteiger partial charge in [0.25, 0.3) is 0 Å². The number of allylic oxidation sites excluding steroid dienone is 2. The summed E-state index contributed by atoms with van der Waals surface area (Å²) in [6.07, 6.45) is 15.8. The fourth-order valence-corrected chi connectivity index (χ4v) is 6.02. The number of ether oxygens (including phenoxy) is 2. The Morgan fingerprint density at radius 3 is 1.38 bits per heavy atom. The Bertz CT molecular complexity index is 1030. The fourth-order valence-electron chi connectivity index (χ4n) is 6.02. The zero-order valence-electron chi connectivity index (χ0n) is 24.1. The van der Waals surface area contributed by atoms with Crippen LogP contribution in [-0.2, 0) is 4.79 Å². The van der Waals surface area contributed by atoms with Crippen molar-refractivity contribution in [3.8, 4) is 11.5 Å². The van der Waals surface area contributed by atoms with E-state index in [1.165, 1.54) is 64.7 Å². The van der Waals surface area contributed by atoms with Crippen LogP contribution >= 0.6 is 0 Å². The predicted octanol–water partition coefficient (Wildman–Crippen LogP) is 7.03. The van der Waals surface area contributed by atoms with Crippen LogP contribution < -0.4 is 9.47 Å². The van der Waals surface area contributed by atoms with Gasteiger partial charge < -0.3 is 19.3 Å². The molecule has 0 bridgehead atoms. The Labute approximate surface area is 240 Å². The first-order chi connectivity index (χ1) is 19.7. The molecule has 214 valence electrons. The zero-order chi connectivity index (χ0) is 27.4. The van der Waals surface area contributed by atoms with Crippen LogP contribution in [0, 0.1) is 0 Å². The molecule has 5 heteroatoms. The number of benzene rings is 2. The van der Waals surface area contributed by atoms with E-state index >= 15 is 0 Å². The smallest absolute Gasteiger partial charge is 0.185 e. The van der Waals surface area contributed by atoms with E-state index < -0.39 is 0 Å². The van der Waals surface area contributed by atoms with Gasteiger partial charge in [-0.3, -0.25) is 4.79 Å². The second-order valence-electron chi connectivity index (χ2n) is 11.5. The second kappa shape index (κ2) is 15.2. The number of carbonyl (C=O) groups is 1. The van der Waals surface area contributed by atoms with Crippen LogP contribution in [0.5, 0.6) is 11.5 Å². The SMILES string of the molecule is O=C1/C(=C/c2ccc(OCCCN3CCCCC3)cc2)CC/C1=C\c1ccc(OCCCN2CCCCC2)cc1. The Morgan fingerprint density at radius 2 is 0.975 bits per heavy atom. The van der Waals surface area contributed by atoms with Gasteiger partial charge in [-0.2, -0.15) is 0 Å². The average Bonchev–Trinajstić information content (AvgIpc) is 3.34. The molecule has 0 radical (unpaired) electrons. The third kappa shape index (κ3) is 8.81. The molecule has 0 spiro atoms. The van der Waals surface area contributed by atoms with Crippen LogP contribution in [0.4, 0.5) is 0 Å². The van der Waals surface area contributed by atoms with Crippen molar-refractivity contribution >= 4 is 17.9 Å². The molecule has 0 aromatic heterocycles. The van der Waals surface area contributed by atoms with Gasteiger partial charge in [-0.15, -0.1) is 0 Å². The summed E-state index contributed by atoms with van der Waals surface area (Å²) in [5, 5.41) is 0. The number of likely N-dealkylation sites (tertiary alicyclic amines) is 2. The molecule has 2 heterocycles.